The number of fused-ring (bicyclic) bond motifs is 1. The standard InChI is InChI=1S/C13H13BrN2O4/c14-7-3-1-2-6-10(7)13(20)16(12(6)19)8-4-5-9(17)15-11(8)18/h1-3,8-9,11,15,17-18H,4-5H2. The first-order chi connectivity index (χ1) is 9.50. The highest BCUT2D eigenvalue weighted by Gasteiger charge is 2.44. The van der Waals surface area contributed by atoms with Crippen LogP contribution in [0.2, 0.25) is 0 Å². The fourth-order valence-electron chi connectivity index (χ4n) is 2.71. The highest BCUT2D eigenvalue weighted by Crippen LogP contribution is 2.32. The Kier molecular flexibility index (Phi) is 3.37. The molecule has 3 atom stereocenters. The summed E-state index contributed by atoms with van der Waals surface area (Å²) in [5, 5.41) is 21.9. The van der Waals surface area contributed by atoms with Gasteiger partial charge in [-0.3, -0.25) is 19.8 Å². The van der Waals surface area contributed by atoms with Crippen LogP contribution < -0.4 is 5.32 Å². The van der Waals surface area contributed by atoms with E-state index in [4.69, 9.17) is 0 Å². The lowest BCUT2D eigenvalue weighted by Gasteiger charge is -2.36. The summed E-state index contributed by atoms with van der Waals surface area (Å²) in [6, 6.07) is 4.32. The van der Waals surface area contributed by atoms with Crippen LogP contribution in [-0.2, 0) is 0 Å². The van der Waals surface area contributed by atoms with Gasteiger partial charge in [0.15, 0.2) is 0 Å². The molecule has 1 aromatic rings. The summed E-state index contributed by atoms with van der Waals surface area (Å²) in [7, 11) is 0. The Morgan fingerprint density at radius 3 is 2.60 bits per heavy atom. The second-order valence-electron chi connectivity index (χ2n) is 4.91. The first-order valence-electron chi connectivity index (χ1n) is 6.29. The molecular weight excluding hydrogens is 328 g/mol. The Morgan fingerprint density at radius 2 is 1.95 bits per heavy atom. The fraction of sp³-hybridized carbons (Fsp3) is 0.385. The van der Waals surface area contributed by atoms with Gasteiger partial charge < -0.3 is 10.2 Å². The third-order valence-corrected chi connectivity index (χ3v) is 4.35. The Morgan fingerprint density at radius 1 is 1.20 bits per heavy atom. The zero-order valence-corrected chi connectivity index (χ0v) is 12.0. The molecule has 3 unspecified atom stereocenters. The molecule has 2 heterocycles. The highest BCUT2D eigenvalue weighted by molar-refractivity contribution is 9.10. The van der Waals surface area contributed by atoms with Crippen LogP contribution in [0.1, 0.15) is 33.6 Å². The van der Waals surface area contributed by atoms with Gasteiger partial charge >= 0.3 is 0 Å². The lowest BCUT2D eigenvalue weighted by molar-refractivity contribution is -0.0413. The van der Waals surface area contributed by atoms with E-state index in [1.54, 1.807) is 18.2 Å². The van der Waals surface area contributed by atoms with Gasteiger partial charge in [-0.05, 0) is 40.9 Å². The van der Waals surface area contributed by atoms with Crippen molar-refractivity contribution in [3.8, 4) is 0 Å². The Bertz CT molecular complexity index is 592. The molecule has 0 spiro atoms. The SMILES string of the molecule is O=C1c2cccc(Br)c2C(=O)N1C1CCC(O)NC1O. The van der Waals surface area contributed by atoms with Crippen LogP contribution in [0.15, 0.2) is 22.7 Å². The summed E-state index contributed by atoms with van der Waals surface area (Å²) in [4.78, 5) is 25.9. The van der Waals surface area contributed by atoms with Crippen molar-refractivity contribution in [2.75, 3.05) is 0 Å². The van der Waals surface area contributed by atoms with Gasteiger partial charge in [-0.15, -0.1) is 0 Å². The van der Waals surface area contributed by atoms with Crippen molar-refractivity contribution >= 4 is 27.7 Å². The number of rotatable bonds is 1. The number of halogens is 1. The van der Waals surface area contributed by atoms with Crippen LogP contribution in [0.3, 0.4) is 0 Å². The van der Waals surface area contributed by atoms with Gasteiger partial charge in [0.25, 0.3) is 11.8 Å². The number of imide groups is 1. The summed E-state index contributed by atoms with van der Waals surface area (Å²) in [6.07, 6.45) is -1.21. The highest BCUT2D eigenvalue weighted by atomic mass is 79.9. The third-order valence-electron chi connectivity index (χ3n) is 3.69. The minimum atomic E-state index is -1.13. The largest absolute Gasteiger partial charge is 0.379 e. The molecule has 1 fully saturated rings. The van der Waals surface area contributed by atoms with E-state index in [2.05, 4.69) is 21.2 Å². The molecule has 6 nitrogen and oxygen atoms in total. The van der Waals surface area contributed by atoms with Crippen molar-refractivity contribution in [3.63, 3.8) is 0 Å². The molecule has 2 amide bonds. The molecular formula is C13H13BrN2O4. The number of aliphatic hydroxyl groups excluding tert-OH is 2. The van der Waals surface area contributed by atoms with Crippen molar-refractivity contribution in [2.45, 2.75) is 31.3 Å². The summed E-state index contributed by atoms with van der Waals surface area (Å²) >= 11 is 3.27. The number of carbonyl (C=O) groups excluding carboxylic acids is 2. The van der Waals surface area contributed by atoms with E-state index < -0.39 is 30.3 Å². The maximum absolute atomic E-state index is 12.4. The number of hydrogen-bond acceptors (Lipinski definition) is 5. The molecule has 20 heavy (non-hydrogen) atoms. The van der Waals surface area contributed by atoms with Crippen LogP contribution in [0, 0.1) is 0 Å². The quantitative estimate of drug-likeness (QED) is 0.645. The summed E-state index contributed by atoms with van der Waals surface area (Å²) < 4.78 is 0.564. The van der Waals surface area contributed by atoms with Crippen LogP contribution in [0.4, 0.5) is 0 Å². The van der Waals surface area contributed by atoms with E-state index in [0.717, 1.165) is 4.90 Å². The molecule has 3 rings (SSSR count). The van der Waals surface area contributed by atoms with Crippen molar-refractivity contribution in [1.29, 1.82) is 0 Å². The monoisotopic (exact) mass is 340 g/mol. The van der Waals surface area contributed by atoms with Crippen LogP contribution in [0.5, 0.6) is 0 Å². The average molecular weight is 341 g/mol. The topological polar surface area (TPSA) is 89.9 Å². The van der Waals surface area contributed by atoms with Gasteiger partial charge in [0.2, 0.25) is 0 Å². The summed E-state index contributed by atoms with van der Waals surface area (Å²) in [5.74, 6) is -0.826. The van der Waals surface area contributed by atoms with Crippen LogP contribution in [-0.4, -0.2) is 45.4 Å². The van der Waals surface area contributed by atoms with Gasteiger partial charge in [-0.25, -0.2) is 0 Å². The first kappa shape index (κ1) is 13.7. The lowest BCUT2D eigenvalue weighted by atomic mass is 10.0. The maximum atomic E-state index is 12.4. The van der Waals surface area contributed by atoms with Gasteiger partial charge in [0.1, 0.15) is 12.5 Å². The molecule has 3 N–H and O–H groups in total. The third kappa shape index (κ3) is 1.98. The molecule has 1 aromatic carbocycles. The van der Waals surface area contributed by atoms with Crippen molar-refractivity contribution < 1.29 is 19.8 Å². The molecule has 2 aliphatic heterocycles. The number of carbonyl (C=O) groups is 2. The van der Waals surface area contributed by atoms with Gasteiger partial charge in [0, 0.05) is 4.47 Å². The summed E-state index contributed by atoms with van der Waals surface area (Å²) in [5.41, 5.74) is 0.665. The second-order valence-corrected chi connectivity index (χ2v) is 5.77. The van der Waals surface area contributed by atoms with E-state index in [9.17, 15) is 19.8 Å². The number of hydrogen-bond donors (Lipinski definition) is 3. The molecule has 7 heteroatoms. The van der Waals surface area contributed by atoms with E-state index in [0.29, 0.717) is 28.4 Å². The van der Waals surface area contributed by atoms with Gasteiger partial charge in [-0.1, -0.05) is 6.07 Å². The van der Waals surface area contributed by atoms with Crippen molar-refractivity contribution in [3.05, 3.63) is 33.8 Å². The number of aliphatic hydroxyl groups is 2. The van der Waals surface area contributed by atoms with E-state index >= 15 is 0 Å². The summed E-state index contributed by atoms with van der Waals surface area (Å²) in [6.45, 7) is 0. The zero-order chi connectivity index (χ0) is 14.4. The smallest absolute Gasteiger partial charge is 0.263 e. The Balaban J connectivity index is 1.96. The maximum Gasteiger partial charge on any atom is 0.263 e. The van der Waals surface area contributed by atoms with E-state index in [-0.39, 0.29) is 0 Å². The van der Waals surface area contributed by atoms with Crippen molar-refractivity contribution in [1.82, 2.24) is 10.2 Å². The minimum absolute atomic E-state index is 0.329. The Hall–Kier alpha value is -1.28. The molecule has 1 saturated heterocycles. The minimum Gasteiger partial charge on any atom is -0.379 e. The number of benzene rings is 1. The van der Waals surface area contributed by atoms with E-state index in [1.165, 1.54) is 0 Å². The van der Waals surface area contributed by atoms with Crippen LogP contribution >= 0.6 is 15.9 Å². The van der Waals surface area contributed by atoms with Gasteiger partial charge in [0.05, 0.1) is 17.2 Å². The van der Waals surface area contributed by atoms with Crippen LogP contribution in [0.25, 0.3) is 0 Å². The van der Waals surface area contributed by atoms with E-state index in [1.807, 2.05) is 0 Å². The fourth-order valence-corrected chi connectivity index (χ4v) is 3.25. The molecule has 0 saturated carbocycles. The van der Waals surface area contributed by atoms with Crippen molar-refractivity contribution in [2.24, 2.45) is 0 Å². The molecule has 0 aromatic heterocycles. The molecule has 106 valence electrons. The predicted octanol–water partition coefficient (Wildman–Crippen LogP) is 0.434. The number of piperidine rings is 1. The second kappa shape index (κ2) is 4.92. The number of amides is 2. The molecule has 0 aliphatic carbocycles. The predicted molar refractivity (Wildman–Crippen MR) is 72.8 cm³/mol. The Labute approximate surface area is 123 Å². The molecule has 2 aliphatic rings. The molecule has 0 bridgehead atoms. The first-order valence-corrected chi connectivity index (χ1v) is 7.08. The number of nitrogens with zero attached hydrogens (tertiary/aromatic N) is 1. The van der Waals surface area contributed by atoms with Gasteiger partial charge in [-0.2, -0.15) is 0 Å². The average Bonchev–Trinajstić information content (AvgIpc) is 2.64. The zero-order valence-electron chi connectivity index (χ0n) is 10.4. The normalized spacial score (nSPS) is 29.8. The molecule has 0 radical (unpaired) electrons. The lowest BCUT2D eigenvalue weighted by Crippen LogP contribution is -2.58. The number of nitrogens with one attached hydrogen (secondary N) is 1.